The van der Waals surface area contributed by atoms with Gasteiger partial charge in [-0.25, -0.2) is 4.39 Å². The molecule has 1 aliphatic rings. The minimum absolute atomic E-state index is 0.343. The Balaban J connectivity index is 1.81. The van der Waals surface area contributed by atoms with E-state index in [2.05, 4.69) is 82.1 Å². The fourth-order valence-electron chi connectivity index (χ4n) is 5.19. The molecule has 0 aliphatic carbocycles. The molecule has 0 saturated carbocycles. The van der Waals surface area contributed by atoms with Crippen molar-refractivity contribution >= 4 is 5.84 Å². The summed E-state index contributed by atoms with van der Waals surface area (Å²) < 4.78 is 13.8. The zero-order valence-electron chi connectivity index (χ0n) is 21.8. The van der Waals surface area contributed by atoms with E-state index >= 15 is 0 Å². The van der Waals surface area contributed by atoms with Crippen LogP contribution < -0.4 is 5.32 Å². The van der Waals surface area contributed by atoms with Gasteiger partial charge in [0.05, 0.1) is 5.54 Å². The molecular formula is C30H39FN4. The molecule has 0 atom stereocenters. The van der Waals surface area contributed by atoms with Crippen molar-refractivity contribution < 1.29 is 4.39 Å². The van der Waals surface area contributed by atoms with E-state index in [0.29, 0.717) is 0 Å². The third kappa shape index (κ3) is 6.09. The van der Waals surface area contributed by atoms with Crippen molar-refractivity contribution in [3.05, 3.63) is 96.0 Å². The molecule has 2 aromatic carbocycles. The number of halogens is 1. The Morgan fingerprint density at radius 3 is 2.51 bits per heavy atom. The summed E-state index contributed by atoms with van der Waals surface area (Å²) in [6.07, 6.45) is 7.11. The summed E-state index contributed by atoms with van der Waals surface area (Å²) >= 11 is 0. The van der Waals surface area contributed by atoms with Crippen LogP contribution in [-0.4, -0.2) is 55.4 Å². The van der Waals surface area contributed by atoms with Crippen LogP contribution in [0.1, 0.15) is 30.9 Å². The molecule has 1 saturated heterocycles. The van der Waals surface area contributed by atoms with E-state index in [1.807, 2.05) is 40.2 Å². The second-order valence-corrected chi connectivity index (χ2v) is 9.22. The molecule has 2 aromatic rings. The molecule has 186 valence electrons. The number of aliphatic imine (C=N–C) groups is 1. The lowest BCUT2D eigenvalue weighted by molar-refractivity contribution is 0.107. The molecular weight excluding hydrogens is 435 g/mol. The zero-order chi connectivity index (χ0) is 25.4. The highest BCUT2D eigenvalue weighted by Crippen LogP contribution is 2.33. The van der Waals surface area contributed by atoms with Crippen LogP contribution in [0.4, 0.5) is 4.39 Å². The number of hydrogen-bond acceptors (Lipinski definition) is 3. The lowest BCUT2D eigenvalue weighted by atomic mass is 9.83. The van der Waals surface area contributed by atoms with Crippen molar-refractivity contribution in [1.29, 1.82) is 0 Å². The molecule has 3 rings (SSSR count). The Morgan fingerprint density at radius 2 is 1.91 bits per heavy atom. The largest absolute Gasteiger partial charge is 0.375 e. The normalized spacial score (nSPS) is 17.0. The van der Waals surface area contributed by atoms with Crippen LogP contribution in [0.2, 0.25) is 0 Å². The number of allylic oxidation sites excluding steroid dienone is 4. The highest BCUT2D eigenvalue weighted by molar-refractivity contribution is 5.92. The minimum Gasteiger partial charge on any atom is -0.375 e. The van der Waals surface area contributed by atoms with Gasteiger partial charge in [0.15, 0.2) is 0 Å². The van der Waals surface area contributed by atoms with Crippen LogP contribution in [0.15, 0.2) is 89.9 Å². The fraction of sp³-hybridized carbons (Fsp3) is 0.367. The highest BCUT2D eigenvalue weighted by atomic mass is 19.1. The highest BCUT2D eigenvalue weighted by Gasteiger charge is 2.43. The second kappa shape index (κ2) is 12.0. The Labute approximate surface area is 210 Å². The number of piperidine rings is 1. The molecule has 0 spiro atoms. The van der Waals surface area contributed by atoms with Crippen molar-refractivity contribution in [1.82, 2.24) is 15.1 Å². The maximum atomic E-state index is 13.8. The van der Waals surface area contributed by atoms with Gasteiger partial charge in [-0.05, 0) is 67.2 Å². The van der Waals surface area contributed by atoms with Gasteiger partial charge in [0.2, 0.25) is 0 Å². The van der Waals surface area contributed by atoms with Crippen LogP contribution in [0, 0.1) is 6.92 Å². The van der Waals surface area contributed by atoms with Gasteiger partial charge >= 0.3 is 0 Å². The lowest BCUT2D eigenvalue weighted by Gasteiger charge is -2.49. The SMILES string of the molecule is C=C(F)/C=C(\C=CC)N(C)C1(C(=NC)NC)CCN(Cc2cccc(-c3ccccc3C)c2)CC1. The van der Waals surface area contributed by atoms with Gasteiger partial charge in [0.25, 0.3) is 0 Å². The maximum Gasteiger partial charge on any atom is 0.122 e. The summed E-state index contributed by atoms with van der Waals surface area (Å²) in [4.78, 5) is 9.24. The molecule has 1 fully saturated rings. The van der Waals surface area contributed by atoms with Crippen molar-refractivity contribution in [2.75, 3.05) is 34.2 Å². The Kier molecular flexibility index (Phi) is 9.05. The molecule has 4 nitrogen and oxygen atoms in total. The average molecular weight is 475 g/mol. The average Bonchev–Trinajstić information content (AvgIpc) is 2.85. The number of likely N-dealkylation sites (N-methyl/N-ethyl adjacent to an activating group) is 2. The van der Waals surface area contributed by atoms with Gasteiger partial charge in [0, 0.05) is 46.5 Å². The predicted octanol–water partition coefficient (Wildman–Crippen LogP) is 6.12. The first-order chi connectivity index (χ1) is 16.8. The van der Waals surface area contributed by atoms with Crippen LogP contribution in [0.25, 0.3) is 11.1 Å². The first kappa shape index (κ1) is 26.4. The summed E-state index contributed by atoms with van der Waals surface area (Å²) in [6.45, 7) is 10.3. The quantitative estimate of drug-likeness (QED) is 0.284. The Morgan fingerprint density at radius 1 is 1.20 bits per heavy atom. The van der Waals surface area contributed by atoms with Crippen molar-refractivity contribution in [3.8, 4) is 11.1 Å². The summed E-state index contributed by atoms with van der Waals surface area (Å²) in [6, 6.07) is 17.4. The molecule has 0 unspecified atom stereocenters. The van der Waals surface area contributed by atoms with Crippen LogP contribution in [0.5, 0.6) is 0 Å². The zero-order valence-corrected chi connectivity index (χ0v) is 21.8. The van der Waals surface area contributed by atoms with Crippen LogP contribution in [0.3, 0.4) is 0 Å². The van der Waals surface area contributed by atoms with E-state index in [0.717, 1.165) is 44.0 Å². The van der Waals surface area contributed by atoms with Crippen molar-refractivity contribution in [2.24, 2.45) is 4.99 Å². The monoisotopic (exact) mass is 474 g/mol. The summed E-state index contributed by atoms with van der Waals surface area (Å²) in [7, 11) is 5.76. The summed E-state index contributed by atoms with van der Waals surface area (Å²) in [5.41, 5.74) is 5.58. The molecule has 1 aliphatic heterocycles. The van der Waals surface area contributed by atoms with E-state index in [4.69, 9.17) is 0 Å². The van der Waals surface area contributed by atoms with Gasteiger partial charge in [-0.15, -0.1) is 0 Å². The topological polar surface area (TPSA) is 30.9 Å². The molecule has 5 heteroatoms. The number of likely N-dealkylation sites (tertiary alicyclic amines) is 1. The van der Waals surface area contributed by atoms with Gasteiger partial charge in [-0.3, -0.25) is 9.89 Å². The van der Waals surface area contributed by atoms with E-state index in [9.17, 15) is 4.39 Å². The van der Waals surface area contributed by atoms with Gasteiger partial charge in [0.1, 0.15) is 11.7 Å². The number of hydrogen-bond donors (Lipinski definition) is 1. The summed E-state index contributed by atoms with van der Waals surface area (Å²) in [5.74, 6) is 0.464. The molecule has 0 bridgehead atoms. The number of rotatable bonds is 8. The van der Waals surface area contributed by atoms with Gasteiger partial charge in [-0.2, -0.15) is 0 Å². The van der Waals surface area contributed by atoms with Crippen molar-refractivity contribution in [3.63, 3.8) is 0 Å². The first-order valence-electron chi connectivity index (χ1n) is 12.3. The van der Waals surface area contributed by atoms with Crippen LogP contribution in [-0.2, 0) is 6.54 Å². The predicted molar refractivity (Wildman–Crippen MR) is 147 cm³/mol. The fourth-order valence-corrected chi connectivity index (χ4v) is 5.19. The molecule has 0 aromatic heterocycles. The number of aryl methyl sites for hydroxylation is 1. The molecule has 35 heavy (non-hydrogen) atoms. The Bertz CT molecular complexity index is 1110. The molecule has 0 radical (unpaired) electrons. The Hall–Kier alpha value is -3.18. The molecule has 0 amide bonds. The molecule has 1 N–H and O–H groups in total. The first-order valence-corrected chi connectivity index (χ1v) is 12.3. The van der Waals surface area contributed by atoms with Gasteiger partial charge in [-0.1, -0.05) is 55.1 Å². The number of amidine groups is 1. The lowest BCUT2D eigenvalue weighted by Crippen LogP contribution is -2.61. The van der Waals surface area contributed by atoms with E-state index in [1.54, 1.807) is 0 Å². The van der Waals surface area contributed by atoms with E-state index in [-0.39, 0.29) is 5.54 Å². The van der Waals surface area contributed by atoms with E-state index < -0.39 is 5.83 Å². The number of benzene rings is 2. The smallest absolute Gasteiger partial charge is 0.122 e. The van der Waals surface area contributed by atoms with Crippen molar-refractivity contribution in [2.45, 2.75) is 38.8 Å². The van der Waals surface area contributed by atoms with Gasteiger partial charge < -0.3 is 10.2 Å². The third-order valence-corrected chi connectivity index (χ3v) is 7.04. The third-order valence-electron chi connectivity index (χ3n) is 7.04. The summed E-state index contributed by atoms with van der Waals surface area (Å²) in [5, 5.41) is 3.31. The number of nitrogens with zero attached hydrogens (tertiary/aromatic N) is 3. The van der Waals surface area contributed by atoms with E-state index in [1.165, 1.54) is 28.3 Å². The number of nitrogens with one attached hydrogen (secondary N) is 1. The standard InChI is InChI=1S/C30H39FN4/c1-7-11-27(20-24(3)31)34(6)30(29(32-4)33-5)16-18-35(19-17-30)22-25-13-10-14-26(21-25)28-15-9-8-12-23(28)2/h7-15,20-21H,3,16-19,22H2,1-2,4-6H3,(H,32,33)/b11-7?,27-20+. The second-order valence-electron chi connectivity index (χ2n) is 9.22. The minimum atomic E-state index is -0.453. The maximum absolute atomic E-state index is 13.8. The van der Waals surface area contributed by atoms with Crippen LogP contribution >= 0.6 is 0 Å². The molecule has 1 heterocycles.